The molecule has 0 fully saturated rings. The molecule has 0 atom stereocenters. The van der Waals surface area contributed by atoms with E-state index < -0.39 is 6.03 Å². The zero-order valence-electron chi connectivity index (χ0n) is 15.2. The first kappa shape index (κ1) is 19.7. The van der Waals surface area contributed by atoms with Gasteiger partial charge >= 0.3 is 6.03 Å². The molecule has 3 N–H and O–H groups in total. The lowest BCUT2D eigenvalue weighted by atomic mass is 10.1. The van der Waals surface area contributed by atoms with Gasteiger partial charge < -0.3 is 25.0 Å². The van der Waals surface area contributed by atoms with Crippen LogP contribution >= 0.6 is 11.6 Å². The van der Waals surface area contributed by atoms with E-state index in [4.69, 9.17) is 16.3 Å². The summed E-state index contributed by atoms with van der Waals surface area (Å²) in [6, 6.07) is 13.5. The molecule has 28 heavy (non-hydrogen) atoms. The third kappa shape index (κ3) is 4.44. The second kappa shape index (κ2) is 8.77. The van der Waals surface area contributed by atoms with Crippen molar-refractivity contribution in [3.05, 3.63) is 69.5 Å². The molecular formula is C20H20ClN3O4. The average molecular weight is 402 g/mol. The summed E-state index contributed by atoms with van der Waals surface area (Å²) in [6.07, 6.45) is 0. The molecule has 0 spiro atoms. The number of benzene rings is 2. The predicted octanol–water partition coefficient (Wildman–Crippen LogP) is 3.22. The summed E-state index contributed by atoms with van der Waals surface area (Å²) in [4.78, 5) is 29.3. The lowest BCUT2D eigenvalue weighted by Gasteiger charge is -2.22. The van der Waals surface area contributed by atoms with Gasteiger partial charge in [0.15, 0.2) is 0 Å². The Hall–Kier alpha value is -3.03. The van der Waals surface area contributed by atoms with Gasteiger partial charge in [0, 0.05) is 18.2 Å². The zero-order chi connectivity index (χ0) is 20.1. The maximum absolute atomic E-state index is 12.6. The highest BCUT2D eigenvalue weighted by molar-refractivity contribution is 6.33. The Morgan fingerprint density at radius 3 is 2.75 bits per heavy atom. The second-order valence-corrected chi connectivity index (χ2v) is 6.54. The van der Waals surface area contributed by atoms with E-state index in [-0.39, 0.29) is 25.3 Å². The molecule has 146 valence electrons. The Morgan fingerprint density at radius 2 is 2.04 bits per heavy atom. The summed E-state index contributed by atoms with van der Waals surface area (Å²) >= 11 is 6.08. The summed E-state index contributed by atoms with van der Waals surface area (Å²) in [5.41, 5.74) is 1.19. The number of para-hydroxylation sites is 1. The lowest BCUT2D eigenvalue weighted by Crippen LogP contribution is -2.38. The Labute approximate surface area is 166 Å². The number of methoxy groups -OCH3 is 1. The normalized spacial score (nSPS) is 10.7. The zero-order valence-corrected chi connectivity index (χ0v) is 16.0. The molecule has 0 saturated carbocycles. The fourth-order valence-electron chi connectivity index (χ4n) is 2.81. The van der Waals surface area contributed by atoms with Crippen molar-refractivity contribution in [1.29, 1.82) is 0 Å². The second-order valence-electron chi connectivity index (χ2n) is 6.13. The SMILES string of the molecule is COc1ccc2cc(CN(CCO)C(=O)Nc3ccccc3Cl)c(=O)[nH]c2c1. The average Bonchev–Trinajstić information content (AvgIpc) is 2.69. The van der Waals surface area contributed by atoms with Crippen molar-refractivity contribution in [1.82, 2.24) is 9.88 Å². The molecule has 7 nitrogen and oxygen atoms in total. The number of fused-ring (bicyclic) bond motifs is 1. The fourth-order valence-corrected chi connectivity index (χ4v) is 2.99. The van der Waals surface area contributed by atoms with E-state index in [9.17, 15) is 14.7 Å². The minimum absolute atomic E-state index is 0.0359. The van der Waals surface area contributed by atoms with Crippen LogP contribution in [0.4, 0.5) is 10.5 Å². The Bertz CT molecular complexity index is 1050. The number of ether oxygens (including phenoxy) is 1. The molecule has 1 heterocycles. The molecule has 0 unspecified atom stereocenters. The number of aromatic amines is 1. The van der Waals surface area contributed by atoms with Crippen LogP contribution < -0.4 is 15.6 Å². The van der Waals surface area contributed by atoms with E-state index in [2.05, 4.69) is 10.3 Å². The van der Waals surface area contributed by atoms with E-state index >= 15 is 0 Å². The van der Waals surface area contributed by atoms with Gasteiger partial charge in [-0.25, -0.2) is 4.79 Å². The number of H-pyrrole nitrogens is 1. The first-order chi connectivity index (χ1) is 13.5. The number of carbonyl (C=O) groups is 1. The molecule has 0 aliphatic carbocycles. The number of hydrogen-bond acceptors (Lipinski definition) is 4. The third-order valence-electron chi connectivity index (χ3n) is 4.26. The lowest BCUT2D eigenvalue weighted by molar-refractivity contribution is 0.185. The summed E-state index contributed by atoms with van der Waals surface area (Å²) < 4.78 is 5.16. The molecule has 0 saturated heterocycles. The van der Waals surface area contributed by atoms with Gasteiger partial charge in [0.1, 0.15) is 5.75 Å². The van der Waals surface area contributed by atoms with Crippen molar-refractivity contribution >= 4 is 34.2 Å². The number of aliphatic hydroxyl groups is 1. The van der Waals surface area contributed by atoms with Crippen molar-refractivity contribution in [2.24, 2.45) is 0 Å². The summed E-state index contributed by atoms with van der Waals surface area (Å²) in [6.45, 7) is -0.136. The van der Waals surface area contributed by atoms with Crippen LogP contribution in [0.15, 0.2) is 53.3 Å². The van der Waals surface area contributed by atoms with Crippen LogP contribution in [-0.2, 0) is 6.54 Å². The number of halogens is 1. The van der Waals surface area contributed by atoms with Crippen LogP contribution in [-0.4, -0.2) is 41.3 Å². The number of rotatable bonds is 6. The number of anilines is 1. The third-order valence-corrected chi connectivity index (χ3v) is 4.59. The van der Waals surface area contributed by atoms with Crippen LogP contribution in [0.2, 0.25) is 5.02 Å². The first-order valence-electron chi connectivity index (χ1n) is 8.63. The van der Waals surface area contributed by atoms with E-state index in [1.54, 1.807) is 49.6 Å². The van der Waals surface area contributed by atoms with E-state index in [0.29, 0.717) is 27.5 Å². The van der Waals surface area contributed by atoms with Crippen LogP contribution in [0, 0.1) is 0 Å². The summed E-state index contributed by atoms with van der Waals surface area (Å²) in [7, 11) is 1.55. The molecule has 0 aliphatic heterocycles. The maximum Gasteiger partial charge on any atom is 0.322 e. The van der Waals surface area contributed by atoms with Crippen molar-refractivity contribution in [3.8, 4) is 5.75 Å². The van der Waals surface area contributed by atoms with Crippen molar-refractivity contribution < 1.29 is 14.6 Å². The maximum atomic E-state index is 12.6. The Balaban J connectivity index is 1.85. The predicted molar refractivity (Wildman–Crippen MR) is 109 cm³/mol. The van der Waals surface area contributed by atoms with E-state index in [0.717, 1.165) is 5.39 Å². The van der Waals surface area contributed by atoms with Crippen LogP contribution in [0.1, 0.15) is 5.56 Å². The summed E-state index contributed by atoms with van der Waals surface area (Å²) in [5, 5.41) is 13.2. The number of nitrogens with one attached hydrogen (secondary N) is 2. The highest BCUT2D eigenvalue weighted by Crippen LogP contribution is 2.22. The van der Waals surface area contributed by atoms with Crippen molar-refractivity contribution in [2.45, 2.75) is 6.54 Å². The van der Waals surface area contributed by atoms with Gasteiger partial charge in [0.2, 0.25) is 0 Å². The number of nitrogens with zero attached hydrogens (tertiary/aromatic N) is 1. The molecule has 3 rings (SSSR count). The molecule has 2 amide bonds. The first-order valence-corrected chi connectivity index (χ1v) is 9.01. The molecule has 1 aromatic heterocycles. The molecule has 3 aromatic rings. The van der Waals surface area contributed by atoms with Crippen LogP contribution in [0.3, 0.4) is 0 Å². The van der Waals surface area contributed by atoms with Gasteiger partial charge in [0.25, 0.3) is 5.56 Å². The van der Waals surface area contributed by atoms with E-state index in [1.807, 2.05) is 6.07 Å². The number of hydrogen-bond donors (Lipinski definition) is 3. The number of pyridine rings is 1. The highest BCUT2D eigenvalue weighted by Gasteiger charge is 2.17. The molecule has 2 aromatic carbocycles. The van der Waals surface area contributed by atoms with Gasteiger partial charge in [-0.2, -0.15) is 0 Å². The van der Waals surface area contributed by atoms with Crippen molar-refractivity contribution in [3.63, 3.8) is 0 Å². The number of urea groups is 1. The van der Waals surface area contributed by atoms with Crippen LogP contribution in [0.5, 0.6) is 5.75 Å². The molecule has 0 bridgehead atoms. The van der Waals surface area contributed by atoms with E-state index in [1.165, 1.54) is 4.90 Å². The molecular weight excluding hydrogens is 382 g/mol. The minimum Gasteiger partial charge on any atom is -0.497 e. The fraction of sp³-hybridized carbons (Fsp3) is 0.200. The van der Waals surface area contributed by atoms with Gasteiger partial charge in [-0.1, -0.05) is 23.7 Å². The number of aliphatic hydroxyl groups excluding tert-OH is 1. The van der Waals surface area contributed by atoms with Crippen LogP contribution in [0.25, 0.3) is 10.9 Å². The monoisotopic (exact) mass is 401 g/mol. The number of aromatic nitrogens is 1. The Kier molecular flexibility index (Phi) is 6.18. The van der Waals surface area contributed by atoms with Gasteiger partial charge in [-0.15, -0.1) is 0 Å². The standard InChI is InChI=1S/C20H20ClN3O4/c1-28-15-7-6-13-10-14(19(26)22-18(13)11-15)12-24(8-9-25)20(27)23-17-5-3-2-4-16(17)21/h2-7,10-11,25H,8-9,12H2,1H3,(H,22,26)(H,23,27). The van der Waals surface area contributed by atoms with Gasteiger partial charge in [0.05, 0.1) is 36.5 Å². The largest absolute Gasteiger partial charge is 0.497 e. The summed E-state index contributed by atoms with van der Waals surface area (Å²) in [5.74, 6) is 0.636. The Morgan fingerprint density at radius 1 is 1.25 bits per heavy atom. The van der Waals surface area contributed by atoms with Gasteiger partial charge in [-0.05, 0) is 35.7 Å². The highest BCUT2D eigenvalue weighted by atomic mass is 35.5. The van der Waals surface area contributed by atoms with Crippen molar-refractivity contribution in [2.75, 3.05) is 25.6 Å². The quantitative estimate of drug-likeness (QED) is 0.591. The smallest absolute Gasteiger partial charge is 0.322 e. The number of amides is 2. The van der Waals surface area contributed by atoms with Gasteiger partial charge in [-0.3, -0.25) is 4.79 Å². The number of carbonyl (C=O) groups excluding carboxylic acids is 1. The molecule has 0 aliphatic rings. The topological polar surface area (TPSA) is 94.7 Å². The minimum atomic E-state index is -0.462. The molecule has 8 heteroatoms. The molecule has 0 radical (unpaired) electrons.